The van der Waals surface area contributed by atoms with E-state index in [-0.39, 0.29) is 5.54 Å². The standard InChI is InChI=1S/C12H20N2O2S2/c13-12(7-3-1-2-4-8-12)10-14-18(15,16)11-6-5-9-17-11/h5-6,9,14H,1-4,7-8,10,13H2. The first-order valence-corrected chi connectivity index (χ1v) is 8.70. The van der Waals surface area contributed by atoms with Crippen molar-refractivity contribution in [2.45, 2.75) is 48.3 Å². The smallest absolute Gasteiger partial charge is 0.250 e. The summed E-state index contributed by atoms with van der Waals surface area (Å²) in [5.41, 5.74) is 5.92. The van der Waals surface area contributed by atoms with Crippen molar-refractivity contribution in [3.8, 4) is 0 Å². The van der Waals surface area contributed by atoms with E-state index in [4.69, 9.17) is 5.73 Å². The molecular formula is C12H20N2O2S2. The highest BCUT2D eigenvalue weighted by molar-refractivity contribution is 7.91. The maximum Gasteiger partial charge on any atom is 0.250 e. The molecule has 1 aliphatic rings. The maximum absolute atomic E-state index is 12.0. The Morgan fingerprint density at radius 1 is 1.28 bits per heavy atom. The highest BCUT2D eigenvalue weighted by Crippen LogP contribution is 2.25. The van der Waals surface area contributed by atoms with E-state index in [9.17, 15) is 8.42 Å². The molecule has 0 radical (unpaired) electrons. The Kier molecular flexibility index (Phi) is 4.42. The van der Waals surface area contributed by atoms with Crippen LogP contribution in [0.15, 0.2) is 21.7 Å². The van der Waals surface area contributed by atoms with E-state index >= 15 is 0 Å². The molecule has 1 heterocycles. The highest BCUT2D eigenvalue weighted by Gasteiger charge is 2.28. The van der Waals surface area contributed by atoms with Gasteiger partial charge in [-0.05, 0) is 24.3 Å². The van der Waals surface area contributed by atoms with Gasteiger partial charge in [0.25, 0.3) is 0 Å². The number of hydrogen-bond donors (Lipinski definition) is 2. The van der Waals surface area contributed by atoms with Crippen LogP contribution in [0.25, 0.3) is 0 Å². The molecule has 1 aromatic rings. The third-order valence-corrected chi connectivity index (χ3v) is 6.27. The first-order valence-electron chi connectivity index (χ1n) is 6.34. The van der Waals surface area contributed by atoms with Crippen LogP contribution in [0.2, 0.25) is 0 Å². The van der Waals surface area contributed by atoms with Gasteiger partial charge in [0.1, 0.15) is 4.21 Å². The zero-order valence-corrected chi connectivity index (χ0v) is 12.0. The Balaban J connectivity index is 1.98. The summed E-state index contributed by atoms with van der Waals surface area (Å²) in [6.45, 7) is 0.341. The van der Waals surface area contributed by atoms with Gasteiger partial charge in [0.05, 0.1) is 0 Å². The number of hydrogen-bond acceptors (Lipinski definition) is 4. The fourth-order valence-electron chi connectivity index (χ4n) is 2.34. The molecule has 0 amide bonds. The van der Waals surface area contributed by atoms with Gasteiger partial charge >= 0.3 is 0 Å². The van der Waals surface area contributed by atoms with Crippen molar-refractivity contribution in [2.24, 2.45) is 5.73 Å². The van der Waals surface area contributed by atoms with Crippen molar-refractivity contribution in [1.29, 1.82) is 0 Å². The summed E-state index contributed by atoms with van der Waals surface area (Å²) in [6.07, 6.45) is 6.40. The molecule has 0 saturated heterocycles. The van der Waals surface area contributed by atoms with Crippen LogP contribution in [-0.4, -0.2) is 20.5 Å². The maximum atomic E-state index is 12.0. The van der Waals surface area contributed by atoms with Gasteiger partial charge in [0.2, 0.25) is 10.0 Å². The van der Waals surface area contributed by atoms with Crippen LogP contribution in [0.3, 0.4) is 0 Å². The minimum Gasteiger partial charge on any atom is -0.324 e. The highest BCUT2D eigenvalue weighted by atomic mass is 32.2. The molecule has 2 rings (SSSR count). The van der Waals surface area contributed by atoms with Gasteiger partial charge in [-0.3, -0.25) is 0 Å². The average Bonchev–Trinajstić information content (AvgIpc) is 2.79. The number of thiophene rings is 1. The van der Waals surface area contributed by atoms with Crippen molar-refractivity contribution in [3.05, 3.63) is 17.5 Å². The average molecular weight is 288 g/mol. The van der Waals surface area contributed by atoms with Crippen LogP contribution in [-0.2, 0) is 10.0 Å². The first kappa shape index (κ1) is 14.0. The molecule has 0 aromatic carbocycles. The number of nitrogens with one attached hydrogen (secondary N) is 1. The van der Waals surface area contributed by atoms with Gasteiger partial charge < -0.3 is 5.73 Å². The van der Waals surface area contributed by atoms with Crippen LogP contribution in [0.4, 0.5) is 0 Å². The molecular weight excluding hydrogens is 268 g/mol. The Hall–Kier alpha value is -0.430. The lowest BCUT2D eigenvalue weighted by Gasteiger charge is -2.28. The lowest BCUT2D eigenvalue weighted by atomic mass is 9.92. The molecule has 0 bridgehead atoms. The van der Waals surface area contributed by atoms with Crippen LogP contribution in [0.5, 0.6) is 0 Å². The molecule has 1 aromatic heterocycles. The molecule has 1 saturated carbocycles. The van der Waals surface area contributed by atoms with Crippen molar-refractivity contribution >= 4 is 21.4 Å². The van der Waals surface area contributed by atoms with Crippen LogP contribution < -0.4 is 10.5 Å². The third kappa shape index (κ3) is 3.54. The normalized spacial score (nSPS) is 20.5. The molecule has 3 N–H and O–H groups in total. The van der Waals surface area contributed by atoms with Crippen molar-refractivity contribution < 1.29 is 8.42 Å². The summed E-state index contributed by atoms with van der Waals surface area (Å²) in [5, 5.41) is 1.76. The molecule has 18 heavy (non-hydrogen) atoms. The van der Waals surface area contributed by atoms with Crippen molar-refractivity contribution in [1.82, 2.24) is 4.72 Å². The van der Waals surface area contributed by atoms with E-state index in [2.05, 4.69) is 4.72 Å². The predicted molar refractivity (Wildman–Crippen MR) is 74.1 cm³/mol. The van der Waals surface area contributed by atoms with E-state index < -0.39 is 10.0 Å². The van der Waals surface area contributed by atoms with E-state index in [0.29, 0.717) is 10.8 Å². The minimum atomic E-state index is -3.38. The molecule has 0 spiro atoms. The molecule has 0 unspecified atom stereocenters. The second-order valence-electron chi connectivity index (χ2n) is 5.03. The summed E-state index contributed by atoms with van der Waals surface area (Å²) in [6, 6.07) is 3.35. The minimum absolute atomic E-state index is 0.341. The van der Waals surface area contributed by atoms with Crippen LogP contribution in [0.1, 0.15) is 38.5 Å². The molecule has 102 valence electrons. The monoisotopic (exact) mass is 288 g/mol. The van der Waals surface area contributed by atoms with Crippen LogP contribution in [0, 0.1) is 0 Å². The SMILES string of the molecule is NC1(CNS(=O)(=O)c2cccs2)CCCCCC1. The summed E-state index contributed by atoms with van der Waals surface area (Å²) >= 11 is 1.23. The zero-order valence-electron chi connectivity index (χ0n) is 10.4. The van der Waals surface area contributed by atoms with Crippen LogP contribution >= 0.6 is 11.3 Å². The zero-order chi connectivity index (χ0) is 13.1. The predicted octanol–water partition coefficient (Wildman–Crippen LogP) is 2.08. The molecule has 1 fully saturated rings. The van der Waals surface area contributed by atoms with E-state index in [1.54, 1.807) is 17.5 Å². The van der Waals surface area contributed by atoms with Crippen molar-refractivity contribution in [2.75, 3.05) is 6.54 Å². The summed E-state index contributed by atoms with van der Waals surface area (Å²) in [7, 11) is -3.38. The molecule has 0 aliphatic heterocycles. The van der Waals surface area contributed by atoms with Gasteiger partial charge in [-0.1, -0.05) is 31.7 Å². The lowest BCUT2D eigenvalue weighted by molar-refractivity contribution is 0.369. The van der Waals surface area contributed by atoms with E-state index in [1.807, 2.05) is 0 Å². The topological polar surface area (TPSA) is 72.2 Å². The van der Waals surface area contributed by atoms with E-state index in [1.165, 1.54) is 24.2 Å². The molecule has 6 heteroatoms. The fraction of sp³-hybridized carbons (Fsp3) is 0.667. The summed E-state index contributed by atoms with van der Waals surface area (Å²) in [4.78, 5) is 0. The molecule has 4 nitrogen and oxygen atoms in total. The Morgan fingerprint density at radius 2 is 1.94 bits per heavy atom. The van der Waals surface area contributed by atoms with Gasteiger partial charge in [0.15, 0.2) is 0 Å². The van der Waals surface area contributed by atoms with Crippen molar-refractivity contribution in [3.63, 3.8) is 0 Å². The van der Waals surface area contributed by atoms with Gasteiger partial charge in [-0.15, -0.1) is 11.3 Å². The second kappa shape index (κ2) is 5.69. The quantitative estimate of drug-likeness (QED) is 0.833. The number of sulfonamides is 1. The Labute approximate surface area is 113 Å². The second-order valence-corrected chi connectivity index (χ2v) is 7.97. The lowest BCUT2D eigenvalue weighted by Crippen LogP contribution is -2.49. The third-order valence-electron chi connectivity index (χ3n) is 3.47. The van der Waals surface area contributed by atoms with Gasteiger partial charge in [-0.2, -0.15) is 0 Å². The van der Waals surface area contributed by atoms with Gasteiger partial charge in [0, 0.05) is 12.1 Å². The van der Waals surface area contributed by atoms with Gasteiger partial charge in [-0.25, -0.2) is 13.1 Å². The first-order chi connectivity index (χ1) is 8.52. The summed E-state index contributed by atoms with van der Waals surface area (Å²) < 4.78 is 27.0. The Morgan fingerprint density at radius 3 is 2.50 bits per heavy atom. The Bertz CT molecular complexity index is 460. The molecule has 1 aliphatic carbocycles. The number of nitrogens with two attached hydrogens (primary N) is 1. The number of rotatable bonds is 4. The summed E-state index contributed by atoms with van der Waals surface area (Å²) in [5.74, 6) is 0. The molecule has 0 atom stereocenters. The fourth-order valence-corrected chi connectivity index (χ4v) is 4.51. The largest absolute Gasteiger partial charge is 0.324 e. The van der Waals surface area contributed by atoms with E-state index in [0.717, 1.165) is 25.7 Å².